The van der Waals surface area contributed by atoms with Crippen LogP contribution in [0.1, 0.15) is 33.6 Å². The number of carbonyl (C=O) groups is 2. The van der Waals surface area contributed by atoms with E-state index in [1.165, 1.54) is 6.92 Å². The van der Waals surface area contributed by atoms with Crippen LogP contribution in [0.15, 0.2) is 12.2 Å². The summed E-state index contributed by atoms with van der Waals surface area (Å²) in [6.07, 6.45) is -1.19. The van der Waals surface area contributed by atoms with E-state index in [9.17, 15) is 19.8 Å². The Labute approximate surface area is 135 Å². The quantitative estimate of drug-likeness (QED) is 0.547. The molecule has 0 aromatic carbocycles. The van der Waals surface area contributed by atoms with E-state index < -0.39 is 41.7 Å². The molecule has 128 valence electrons. The Bertz CT molecular complexity index is 553. The molecule has 8 unspecified atom stereocenters. The third kappa shape index (κ3) is 2.48. The minimum atomic E-state index is -1.20. The van der Waals surface area contributed by atoms with Gasteiger partial charge in [0.15, 0.2) is 0 Å². The van der Waals surface area contributed by atoms with Gasteiger partial charge in [-0.1, -0.05) is 19.1 Å². The van der Waals surface area contributed by atoms with Crippen LogP contribution in [0.4, 0.5) is 0 Å². The van der Waals surface area contributed by atoms with Gasteiger partial charge >= 0.3 is 11.9 Å². The maximum Gasteiger partial charge on any atom is 0.309 e. The summed E-state index contributed by atoms with van der Waals surface area (Å²) in [4.78, 5) is 23.3. The minimum Gasteiger partial charge on any atom is -0.462 e. The molecule has 3 rings (SSSR count). The molecular formula is C17H24O6. The average Bonchev–Trinajstić information content (AvgIpc) is 2.77. The Morgan fingerprint density at radius 2 is 2.13 bits per heavy atom. The second-order valence-corrected chi connectivity index (χ2v) is 7.46. The van der Waals surface area contributed by atoms with E-state index >= 15 is 0 Å². The molecule has 0 aromatic rings. The lowest BCUT2D eigenvalue weighted by Gasteiger charge is -2.35. The third-order valence-corrected chi connectivity index (χ3v) is 5.78. The van der Waals surface area contributed by atoms with E-state index in [1.807, 2.05) is 0 Å². The second kappa shape index (κ2) is 5.31. The maximum absolute atomic E-state index is 11.9. The predicted molar refractivity (Wildman–Crippen MR) is 80.1 cm³/mol. The van der Waals surface area contributed by atoms with Gasteiger partial charge in [0.05, 0.1) is 17.6 Å². The molecule has 1 aliphatic heterocycles. The number of ether oxygens (including phenoxy) is 2. The van der Waals surface area contributed by atoms with Crippen molar-refractivity contribution in [2.24, 2.45) is 23.7 Å². The zero-order chi connectivity index (χ0) is 17.1. The molecule has 8 atom stereocenters. The molecule has 1 heterocycles. The van der Waals surface area contributed by atoms with Crippen molar-refractivity contribution in [3.8, 4) is 0 Å². The molecule has 1 saturated heterocycles. The first kappa shape index (κ1) is 16.5. The fourth-order valence-electron chi connectivity index (χ4n) is 4.86. The van der Waals surface area contributed by atoms with Gasteiger partial charge in [-0.05, 0) is 6.92 Å². The van der Waals surface area contributed by atoms with Crippen LogP contribution in [0.25, 0.3) is 0 Å². The Kier molecular flexibility index (Phi) is 3.80. The molecule has 0 spiro atoms. The summed E-state index contributed by atoms with van der Waals surface area (Å²) in [6, 6.07) is 0. The first-order valence-electron chi connectivity index (χ1n) is 8.09. The first-order valence-corrected chi connectivity index (χ1v) is 8.09. The van der Waals surface area contributed by atoms with Gasteiger partial charge in [-0.2, -0.15) is 0 Å². The number of carbonyl (C=O) groups excluding carboxylic acids is 2. The van der Waals surface area contributed by atoms with Crippen LogP contribution in [0, 0.1) is 23.7 Å². The van der Waals surface area contributed by atoms with Gasteiger partial charge in [0.1, 0.15) is 12.2 Å². The van der Waals surface area contributed by atoms with E-state index in [0.717, 1.165) is 5.57 Å². The Balaban J connectivity index is 1.99. The molecule has 3 aliphatic rings. The number of aliphatic hydroxyl groups excluding tert-OH is 1. The van der Waals surface area contributed by atoms with Crippen molar-refractivity contribution < 1.29 is 29.3 Å². The largest absolute Gasteiger partial charge is 0.462 e. The molecule has 0 amide bonds. The monoisotopic (exact) mass is 324 g/mol. The number of hydrogen-bond donors (Lipinski definition) is 2. The topological polar surface area (TPSA) is 93.1 Å². The van der Waals surface area contributed by atoms with E-state index in [0.29, 0.717) is 6.42 Å². The zero-order valence-electron chi connectivity index (χ0n) is 13.7. The molecule has 6 nitrogen and oxygen atoms in total. The molecule has 6 heteroatoms. The maximum atomic E-state index is 11.9. The van der Waals surface area contributed by atoms with Crippen molar-refractivity contribution in [2.75, 3.05) is 0 Å². The summed E-state index contributed by atoms with van der Waals surface area (Å²) in [5.74, 6) is -2.41. The van der Waals surface area contributed by atoms with Gasteiger partial charge in [-0.3, -0.25) is 9.59 Å². The van der Waals surface area contributed by atoms with Crippen LogP contribution in [0.2, 0.25) is 0 Å². The average molecular weight is 324 g/mol. The van der Waals surface area contributed by atoms with Crippen LogP contribution in [-0.2, 0) is 19.1 Å². The standard InChI is InChI=1S/C17H24O6/c1-7-5-10-13(8(2)16(20)23-10)15(19)14-12(7)11(22-9(3)18)6-17(14,4)21/h8,10-15,19,21H,1,5-6H2,2-4H3. The van der Waals surface area contributed by atoms with Gasteiger partial charge in [-0.15, -0.1) is 0 Å². The fourth-order valence-corrected chi connectivity index (χ4v) is 4.86. The van der Waals surface area contributed by atoms with Crippen molar-refractivity contribution in [1.29, 1.82) is 0 Å². The number of esters is 2. The van der Waals surface area contributed by atoms with E-state index in [-0.39, 0.29) is 24.2 Å². The van der Waals surface area contributed by atoms with Crippen molar-refractivity contribution in [1.82, 2.24) is 0 Å². The third-order valence-electron chi connectivity index (χ3n) is 5.78. The zero-order valence-corrected chi connectivity index (χ0v) is 13.7. The fraction of sp³-hybridized carbons (Fsp3) is 0.765. The predicted octanol–water partition coefficient (Wildman–Crippen LogP) is 0.804. The number of hydrogen-bond acceptors (Lipinski definition) is 6. The Morgan fingerprint density at radius 1 is 1.48 bits per heavy atom. The SMILES string of the molecule is C=C1CC2OC(=O)C(C)C2C(O)C2C1C(OC(C)=O)CC2(C)O. The molecule has 0 aromatic heterocycles. The Hall–Kier alpha value is -1.40. The molecule has 0 radical (unpaired) electrons. The summed E-state index contributed by atoms with van der Waals surface area (Å²) < 4.78 is 10.8. The first-order chi connectivity index (χ1) is 10.6. The van der Waals surface area contributed by atoms with Crippen LogP contribution in [0.5, 0.6) is 0 Å². The van der Waals surface area contributed by atoms with E-state index in [4.69, 9.17) is 9.47 Å². The molecule has 3 fully saturated rings. The van der Waals surface area contributed by atoms with Gasteiger partial charge in [0, 0.05) is 37.5 Å². The van der Waals surface area contributed by atoms with Crippen LogP contribution in [0.3, 0.4) is 0 Å². The molecule has 0 bridgehead atoms. The minimum absolute atomic E-state index is 0.249. The van der Waals surface area contributed by atoms with Gasteiger partial charge in [0.25, 0.3) is 0 Å². The highest BCUT2D eigenvalue weighted by Gasteiger charge is 2.61. The lowest BCUT2D eigenvalue weighted by molar-refractivity contribution is -0.148. The van der Waals surface area contributed by atoms with Crippen molar-refractivity contribution >= 4 is 11.9 Å². The van der Waals surface area contributed by atoms with Crippen molar-refractivity contribution in [2.45, 2.75) is 57.5 Å². The number of aliphatic hydroxyl groups is 2. The van der Waals surface area contributed by atoms with Gasteiger partial charge < -0.3 is 19.7 Å². The summed E-state index contributed by atoms with van der Waals surface area (Å²) in [5.41, 5.74) is -0.444. The molecule has 23 heavy (non-hydrogen) atoms. The molecule has 2 aliphatic carbocycles. The highest BCUT2D eigenvalue weighted by atomic mass is 16.6. The van der Waals surface area contributed by atoms with E-state index in [2.05, 4.69) is 6.58 Å². The summed E-state index contributed by atoms with van der Waals surface area (Å²) in [7, 11) is 0. The highest BCUT2D eigenvalue weighted by Crippen LogP contribution is 2.54. The molecular weight excluding hydrogens is 300 g/mol. The summed E-state index contributed by atoms with van der Waals surface area (Å²) >= 11 is 0. The van der Waals surface area contributed by atoms with E-state index in [1.54, 1.807) is 13.8 Å². The number of fused-ring (bicyclic) bond motifs is 2. The second-order valence-electron chi connectivity index (χ2n) is 7.46. The summed E-state index contributed by atoms with van der Waals surface area (Å²) in [5, 5.41) is 21.8. The molecule has 2 N–H and O–H groups in total. The van der Waals surface area contributed by atoms with Crippen LogP contribution < -0.4 is 0 Å². The molecule has 2 saturated carbocycles. The van der Waals surface area contributed by atoms with Crippen LogP contribution >= 0.6 is 0 Å². The van der Waals surface area contributed by atoms with Crippen LogP contribution in [-0.4, -0.2) is 46.1 Å². The highest BCUT2D eigenvalue weighted by molar-refractivity contribution is 5.75. The lowest BCUT2D eigenvalue weighted by Crippen LogP contribution is -2.45. The van der Waals surface area contributed by atoms with Crippen molar-refractivity contribution in [3.05, 3.63) is 12.2 Å². The summed E-state index contributed by atoms with van der Waals surface area (Å²) in [6.45, 7) is 8.80. The normalized spacial score (nSPS) is 49.2. The smallest absolute Gasteiger partial charge is 0.309 e. The lowest BCUT2D eigenvalue weighted by atomic mass is 9.75. The number of rotatable bonds is 1. The Morgan fingerprint density at radius 3 is 2.74 bits per heavy atom. The van der Waals surface area contributed by atoms with Gasteiger partial charge in [-0.25, -0.2) is 0 Å². The van der Waals surface area contributed by atoms with Crippen molar-refractivity contribution in [3.63, 3.8) is 0 Å². The van der Waals surface area contributed by atoms with Gasteiger partial charge in [0.2, 0.25) is 0 Å².